The van der Waals surface area contributed by atoms with E-state index in [1.165, 1.54) is 38.7 Å². The highest BCUT2D eigenvalue weighted by atomic mass is 16.5. The Balaban J connectivity index is 0. The average Bonchev–Trinajstić information content (AvgIpc) is 2.38. The van der Waals surface area contributed by atoms with E-state index in [-0.39, 0.29) is 11.5 Å². The number of esters is 1. The van der Waals surface area contributed by atoms with E-state index in [9.17, 15) is 9.59 Å². The number of carbonyl (C=O) groups is 2. The average molecular weight is 270 g/mol. The van der Waals surface area contributed by atoms with Gasteiger partial charge in [0.2, 0.25) is 0 Å². The summed E-state index contributed by atoms with van der Waals surface area (Å²) in [6, 6.07) is 0. The minimum Gasteiger partial charge on any atom is -0.478 e. The molecule has 0 aromatic carbocycles. The number of carbonyl (C=O) groups excluding carboxylic acids is 1. The van der Waals surface area contributed by atoms with Gasteiger partial charge in [-0.2, -0.15) is 0 Å². The topological polar surface area (TPSA) is 63.6 Å². The molecule has 1 N–H and O–H groups in total. The summed E-state index contributed by atoms with van der Waals surface area (Å²) in [6.07, 6.45) is 8.47. The van der Waals surface area contributed by atoms with Gasteiger partial charge in [0.05, 0.1) is 6.61 Å². The Morgan fingerprint density at radius 1 is 1.16 bits per heavy atom. The van der Waals surface area contributed by atoms with Crippen molar-refractivity contribution in [1.29, 1.82) is 0 Å². The van der Waals surface area contributed by atoms with E-state index < -0.39 is 5.97 Å². The Hall–Kier alpha value is -1.58. The predicted octanol–water partition coefficient (Wildman–Crippen LogP) is 3.72. The molecule has 4 nitrogen and oxygen atoms in total. The fraction of sp³-hybridized carbons (Fsp3) is 0.600. The lowest BCUT2D eigenvalue weighted by atomic mass is 10.1. The zero-order valence-electron chi connectivity index (χ0n) is 12.1. The van der Waals surface area contributed by atoms with Crippen molar-refractivity contribution in [3.8, 4) is 0 Å². The Bertz CT molecular complexity index is 270. The highest BCUT2D eigenvalue weighted by molar-refractivity contribution is 5.84. The van der Waals surface area contributed by atoms with Gasteiger partial charge in [0.25, 0.3) is 0 Å². The van der Waals surface area contributed by atoms with E-state index in [1.807, 2.05) is 0 Å². The van der Waals surface area contributed by atoms with Gasteiger partial charge >= 0.3 is 11.9 Å². The number of carboxylic acid groups (broad SMARTS) is 1. The van der Waals surface area contributed by atoms with Gasteiger partial charge in [-0.1, -0.05) is 52.2 Å². The molecule has 0 bridgehead atoms. The van der Waals surface area contributed by atoms with E-state index in [0.717, 1.165) is 12.8 Å². The van der Waals surface area contributed by atoms with E-state index >= 15 is 0 Å². The molecule has 0 fully saturated rings. The van der Waals surface area contributed by atoms with Crippen LogP contribution in [0.4, 0.5) is 0 Å². The Morgan fingerprint density at radius 3 is 2.05 bits per heavy atom. The molecule has 0 aliphatic rings. The second kappa shape index (κ2) is 14.5. The molecule has 0 aliphatic carbocycles. The Kier molecular flexibility index (Phi) is 15.1. The van der Waals surface area contributed by atoms with E-state index in [1.54, 1.807) is 0 Å². The van der Waals surface area contributed by atoms with E-state index in [4.69, 9.17) is 9.84 Å². The van der Waals surface area contributed by atoms with Crippen LogP contribution in [0.25, 0.3) is 0 Å². The number of hydrogen-bond acceptors (Lipinski definition) is 3. The first-order valence-corrected chi connectivity index (χ1v) is 6.63. The second-order valence-corrected chi connectivity index (χ2v) is 4.22. The van der Waals surface area contributed by atoms with Crippen LogP contribution in [-0.4, -0.2) is 23.7 Å². The molecular weight excluding hydrogens is 244 g/mol. The maximum atomic E-state index is 10.6. The summed E-state index contributed by atoms with van der Waals surface area (Å²) >= 11 is 0. The lowest BCUT2D eigenvalue weighted by Crippen LogP contribution is -2.01. The van der Waals surface area contributed by atoms with Crippen LogP contribution in [0.1, 0.15) is 52.4 Å². The normalized spacial score (nSPS) is 8.95. The summed E-state index contributed by atoms with van der Waals surface area (Å²) in [7, 11) is 0. The standard InChI is InChI=1S/C11H20O2.C4H6O2/c1-3-5-6-7-8-9-10-13-11(12)4-2;1-3(2)4(5)6/h4H,2-3,5-10H2,1H3;1H2,2H3,(H,5,6). The predicted molar refractivity (Wildman–Crippen MR) is 77.0 cm³/mol. The molecule has 0 aromatic rings. The summed E-state index contributed by atoms with van der Waals surface area (Å²) < 4.78 is 4.84. The van der Waals surface area contributed by atoms with Gasteiger partial charge in [-0.05, 0) is 13.3 Å². The van der Waals surface area contributed by atoms with Gasteiger partial charge < -0.3 is 9.84 Å². The summed E-state index contributed by atoms with van der Waals surface area (Å²) in [5.41, 5.74) is 0.176. The third-order valence-electron chi connectivity index (χ3n) is 2.27. The Labute approximate surface area is 116 Å². The van der Waals surface area contributed by atoms with Crippen molar-refractivity contribution in [3.05, 3.63) is 24.8 Å². The summed E-state index contributed by atoms with van der Waals surface area (Å²) in [5, 5.41) is 7.89. The molecule has 0 spiro atoms. The largest absolute Gasteiger partial charge is 0.478 e. The van der Waals surface area contributed by atoms with E-state index in [0.29, 0.717) is 6.61 Å². The molecule has 0 atom stereocenters. The van der Waals surface area contributed by atoms with Crippen molar-refractivity contribution in [2.24, 2.45) is 0 Å². The Morgan fingerprint density at radius 2 is 1.63 bits per heavy atom. The highest BCUT2D eigenvalue weighted by Gasteiger charge is 1.94. The zero-order chi connectivity index (χ0) is 15.1. The van der Waals surface area contributed by atoms with Gasteiger partial charge in [0.15, 0.2) is 0 Å². The lowest BCUT2D eigenvalue weighted by Gasteiger charge is -2.01. The summed E-state index contributed by atoms with van der Waals surface area (Å²) in [5.74, 6) is -1.25. The SMILES string of the molecule is C=C(C)C(=O)O.C=CC(=O)OCCCCCCCC. The smallest absolute Gasteiger partial charge is 0.330 e. The first kappa shape index (κ1) is 19.8. The van der Waals surface area contributed by atoms with Crippen molar-refractivity contribution in [2.45, 2.75) is 52.4 Å². The van der Waals surface area contributed by atoms with Crippen molar-refractivity contribution in [2.75, 3.05) is 6.61 Å². The summed E-state index contributed by atoms with van der Waals surface area (Å²) in [4.78, 5) is 20.2. The third kappa shape index (κ3) is 19.0. The van der Waals surface area contributed by atoms with Gasteiger partial charge in [-0.25, -0.2) is 9.59 Å². The van der Waals surface area contributed by atoms with Crippen LogP contribution in [0.3, 0.4) is 0 Å². The molecule has 0 saturated heterocycles. The van der Waals surface area contributed by atoms with Crippen LogP contribution >= 0.6 is 0 Å². The molecule has 0 radical (unpaired) electrons. The molecule has 0 unspecified atom stereocenters. The first-order valence-electron chi connectivity index (χ1n) is 6.63. The fourth-order valence-corrected chi connectivity index (χ4v) is 1.11. The fourth-order valence-electron chi connectivity index (χ4n) is 1.11. The van der Waals surface area contributed by atoms with Crippen molar-refractivity contribution in [1.82, 2.24) is 0 Å². The molecular formula is C15H26O4. The van der Waals surface area contributed by atoms with Crippen LogP contribution < -0.4 is 0 Å². The number of carboxylic acids is 1. The monoisotopic (exact) mass is 270 g/mol. The minimum atomic E-state index is -0.935. The van der Waals surface area contributed by atoms with Gasteiger partial charge in [-0.3, -0.25) is 0 Å². The van der Waals surface area contributed by atoms with E-state index in [2.05, 4.69) is 20.1 Å². The van der Waals surface area contributed by atoms with Crippen LogP contribution in [0, 0.1) is 0 Å². The van der Waals surface area contributed by atoms with Crippen LogP contribution in [0.2, 0.25) is 0 Å². The lowest BCUT2D eigenvalue weighted by molar-refractivity contribution is -0.138. The number of rotatable bonds is 9. The van der Waals surface area contributed by atoms with Crippen molar-refractivity contribution in [3.63, 3.8) is 0 Å². The molecule has 110 valence electrons. The molecule has 0 heterocycles. The number of ether oxygens (including phenoxy) is 1. The van der Waals surface area contributed by atoms with Crippen molar-refractivity contribution >= 4 is 11.9 Å². The zero-order valence-corrected chi connectivity index (χ0v) is 12.1. The van der Waals surface area contributed by atoms with Crippen LogP contribution in [0.15, 0.2) is 24.8 Å². The maximum absolute atomic E-state index is 10.6. The van der Waals surface area contributed by atoms with Gasteiger partial charge in [0.1, 0.15) is 0 Å². The molecule has 19 heavy (non-hydrogen) atoms. The maximum Gasteiger partial charge on any atom is 0.330 e. The second-order valence-electron chi connectivity index (χ2n) is 4.22. The molecule has 0 amide bonds. The number of aliphatic carboxylic acids is 1. The van der Waals surface area contributed by atoms with Crippen LogP contribution in [-0.2, 0) is 14.3 Å². The van der Waals surface area contributed by atoms with Gasteiger partial charge in [0, 0.05) is 11.6 Å². The minimum absolute atomic E-state index is 0.176. The highest BCUT2D eigenvalue weighted by Crippen LogP contribution is 2.04. The van der Waals surface area contributed by atoms with Gasteiger partial charge in [-0.15, -0.1) is 0 Å². The first-order chi connectivity index (χ1) is 8.95. The number of unbranched alkanes of at least 4 members (excludes halogenated alkanes) is 5. The molecule has 0 rings (SSSR count). The molecule has 0 aromatic heterocycles. The number of hydrogen-bond donors (Lipinski definition) is 1. The molecule has 0 saturated carbocycles. The quantitative estimate of drug-likeness (QED) is 0.394. The summed E-state index contributed by atoms with van der Waals surface area (Å²) in [6.45, 7) is 10.7. The van der Waals surface area contributed by atoms with Crippen LogP contribution in [0.5, 0.6) is 0 Å². The molecule has 0 aliphatic heterocycles. The third-order valence-corrected chi connectivity index (χ3v) is 2.27. The van der Waals surface area contributed by atoms with Crippen molar-refractivity contribution < 1.29 is 19.4 Å². The molecule has 4 heteroatoms.